The molecule has 2 aliphatic heterocycles. The van der Waals surface area contributed by atoms with Gasteiger partial charge in [0.15, 0.2) is 0 Å². The third-order valence-corrected chi connectivity index (χ3v) is 7.02. The molecule has 1 N–H and O–H groups in total. The van der Waals surface area contributed by atoms with Gasteiger partial charge in [-0.1, -0.05) is 36.2 Å². The summed E-state index contributed by atoms with van der Waals surface area (Å²) in [6, 6.07) is 7.98. The number of halogens is 2. The molecular weight excluding hydrogens is 391 g/mol. The SMILES string of the molecule is CC[C@@H]1NC(=O)c2sc(N3CCOCC3)cc2[C@H]1c1ccc(Cl)c(Cl)c1. The first-order valence-corrected chi connectivity index (χ1v) is 10.4. The molecule has 2 aliphatic rings. The molecule has 7 heteroatoms. The van der Waals surface area contributed by atoms with Crippen LogP contribution in [0.25, 0.3) is 0 Å². The number of anilines is 1. The fourth-order valence-corrected chi connectivity index (χ4v) is 5.20. The molecule has 1 amide bonds. The van der Waals surface area contributed by atoms with Gasteiger partial charge >= 0.3 is 0 Å². The van der Waals surface area contributed by atoms with E-state index in [0.717, 1.165) is 53.7 Å². The molecule has 0 spiro atoms. The van der Waals surface area contributed by atoms with Crippen LogP contribution in [0.5, 0.6) is 0 Å². The van der Waals surface area contributed by atoms with Crippen molar-refractivity contribution in [2.45, 2.75) is 25.3 Å². The molecule has 3 heterocycles. The van der Waals surface area contributed by atoms with Crippen LogP contribution in [0.4, 0.5) is 5.00 Å². The second kappa shape index (κ2) is 7.39. The second-order valence-corrected chi connectivity index (χ2v) is 8.45. The molecule has 1 aromatic heterocycles. The molecule has 2 aromatic rings. The molecule has 1 aromatic carbocycles. The Balaban J connectivity index is 1.78. The summed E-state index contributed by atoms with van der Waals surface area (Å²) >= 11 is 13.9. The predicted molar refractivity (Wildman–Crippen MR) is 107 cm³/mol. The summed E-state index contributed by atoms with van der Waals surface area (Å²) in [4.78, 5) is 15.8. The number of fused-ring (bicyclic) bond motifs is 1. The van der Waals surface area contributed by atoms with Crippen LogP contribution >= 0.6 is 34.5 Å². The van der Waals surface area contributed by atoms with Gasteiger partial charge in [-0.15, -0.1) is 11.3 Å². The number of benzene rings is 1. The minimum absolute atomic E-state index is 0.0210. The first kappa shape index (κ1) is 18.1. The number of rotatable bonds is 3. The minimum atomic E-state index is 0.0210. The lowest BCUT2D eigenvalue weighted by Gasteiger charge is -2.32. The number of morpholine rings is 1. The fourth-order valence-electron chi connectivity index (χ4n) is 3.73. The third kappa shape index (κ3) is 3.22. The van der Waals surface area contributed by atoms with E-state index in [2.05, 4.69) is 23.2 Å². The normalized spacial score (nSPS) is 22.9. The van der Waals surface area contributed by atoms with Crippen molar-refractivity contribution in [1.29, 1.82) is 0 Å². The van der Waals surface area contributed by atoms with Crippen LogP contribution in [-0.2, 0) is 4.74 Å². The zero-order valence-corrected chi connectivity index (χ0v) is 16.8. The summed E-state index contributed by atoms with van der Waals surface area (Å²) in [7, 11) is 0. The first-order chi connectivity index (χ1) is 12.6. The summed E-state index contributed by atoms with van der Waals surface area (Å²) in [5.41, 5.74) is 2.17. The van der Waals surface area contributed by atoms with Gasteiger partial charge in [-0.05, 0) is 35.7 Å². The van der Waals surface area contributed by atoms with Crippen LogP contribution in [-0.4, -0.2) is 38.3 Å². The van der Waals surface area contributed by atoms with Gasteiger partial charge in [0.05, 0.1) is 33.1 Å². The fraction of sp³-hybridized carbons (Fsp3) is 0.421. The van der Waals surface area contributed by atoms with E-state index in [1.165, 1.54) is 0 Å². The Labute approximate surface area is 167 Å². The van der Waals surface area contributed by atoms with E-state index < -0.39 is 0 Å². The Hall–Kier alpha value is -1.27. The van der Waals surface area contributed by atoms with E-state index in [-0.39, 0.29) is 17.9 Å². The molecule has 0 unspecified atom stereocenters. The van der Waals surface area contributed by atoms with Gasteiger partial charge < -0.3 is 15.0 Å². The zero-order valence-electron chi connectivity index (χ0n) is 14.4. The number of nitrogens with zero attached hydrogens (tertiary/aromatic N) is 1. The summed E-state index contributed by atoms with van der Waals surface area (Å²) in [5.74, 6) is 0.0983. The quantitative estimate of drug-likeness (QED) is 0.806. The zero-order chi connectivity index (χ0) is 18.3. The number of thiophene rings is 1. The molecule has 4 rings (SSSR count). The van der Waals surface area contributed by atoms with Crippen molar-refractivity contribution in [3.63, 3.8) is 0 Å². The van der Waals surface area contributed by atoms with E-state index in [4.69, 9.17) is 27.9 Å². The number of hydrogen-bond acceptors (Lipinski definition) is 4. The maximum absolute atomic E-state index is 12.7. The maximum atomic E-state index is 12.7. The molecular formula is C19H20Cl2N2O2S. The van der Waals surface area contributed by atoms with E-state index in [9.17, 15) is 4.79 Å². The summed E-state index contributed by atoms with van der Waals surface area (Å²) in [6.45, 7) is 5.26. The van der Waals surface area contributed by atoms with E-state index in [0.29, 0.717) is 10.0 Å². The molecule has 0 bridgehead atoms. The van der Waals surface area contributed by atoms with E-state index >= 15 is 0 Å². The van der Waals surface area contributed by atoms with Gasteiger partial charge in [0.25, 0.3) is 5.91 Å². The highest BCUT2D eigenvalue weighted by molar-refractivity contribution is 7.18. The average molecular weight is 411 g/mol. The van der Waals surface area contributed by atoms with Crippen molar-refractivity contribution >= 4 is 45.4 Å². The summed E-state index contributed by atoms with van der Waals surface area (Å²) in [5, 5.41) is 5.39. The molecule has 2 atom stereocenters. The Kier molecular flexibility index (Phi) is 5.15. The monoisotopic (exact) mass is 410 g/mol. The maximum Gasteiger partial charge on any atom is 0.261 e. The molecule has 1 fully saturated rings. The number of nitrogens with one attached hydrogen (secondary N) is 1. The lowest BCUT2D eigenvalue weighted by atomic mass is 9.81. The molecule has 26 heavy (non-hydrogen) atoms. The number of carbonyl (C=O) groups is 1. The highest BCUT2D eigenvalue weighted by Crippen LogP contribution is 2.43. The standard InChI is InChI=1S/C19H20Cl2N2O2S/c1-2-15-17(11-3-4-13(20)14(21)9-11)12-10-16(23-5-7-25-8-6-23)26-18(12)19(24)22-15/h3-4,9-10,15,17H,2,5-8H2,1H3,(H,22,24)/t15-,17+/m0/s1. The van der Waals surface area contributed by atoms with Gasteiger partial charge in [-0.3, -0.25) is 4.79 Å². The third-order valence-electron chi connectivity index (χ3n) is 5.07. The molecule has 0 saturated carbocycles. The van der Waals surface area contributed by atoms with Gasteiger partial charge in [-0.25, -0.2) is 0 Å². The van der Waals surface area contributed by atoms with Gasteiger partial charge in [0, 0.05) is 25.0 Å². The van der Waals surface area contributed by atoms with Crippen LogP contribution < -0.4 is 10.2 Å². The van der Waals surface area contributed by atoms with Crippen molar-refractivity contribution in [2.75, 3.05) is 31.2 Å². The van der Waals surface area contributed by atoms with Crippen molar-refractivity contribution in [3.8, 4) is 0 Å². The largest absolute Gasteiger partial charge is 0.378 e. The Morgan fingerprint density at radius 1 is 1.23 bits per heavy atom. The van der Waals surface area contributed by atoms with Crippen molar-refractivity contribution < 1.29 is 9.53 Å². The number of hydrogen-bond donors (Lipinski definition) is 1. The minimum Gasteiger partial charge on any atom is -0.378 e. The number of amides is 1. The van der Waals surface area contributed by atoms with Crippen molar-refractivity contribution in [3.05, 3.63) is 50.3 Å². The summed E-state index contributed by atoms with van der Waals surface area (Å²) < 4.78 is 5.45. The predicted octanol–water partition coefficient (Wildman–Crippen LogP) is 4.55. The molecule has 138 valence electrons. The van der Waals surface area contributed by atoms with Crippen molar-refractivity contribution in [1.82, 2.24) is 5.32 Å². The Morgan fingerprint density at radius 3 is 2.69 bits per heavy atom. The second-order valence-electron chi connectivity index (χ2n) is 6.61. The number of ether oxygens (including phenoxy) is 1. The van der Waals surface area contributed by atoms with Crippen molar-refractivity contribution in [2.24, 2.45) is 0 Å². The van der Waals surface area contributed by atoms with Crippen LogP contribution in [0.2, 0.25) is 10.0 Å². The van der Waals surface area contributed by atoms with Gasteiger partial charge in [0.1, 0.15) is 0 Å². The molecule has 4 nitrogen and oxygen atoms in total. The van der Waals surface area contributed by atoms with Crippen LogP contribution in [0.15, 0.2) is 24.3 Å². The highest BCUT2D eigenvalue weighted by Gasteiger charge is 2.36. The first-order valence-electron chi connectivity index (χ1n) is 8.80. The van der Waals surface area contributed by atoms with Gasteiger partial charge in [-0.2, -0.15) is 0 Å². The highest BCUT2D eigenvalue weighted by atomic mass is 35.5. The Morgan fingerprint density at radius 2 is 2.00 bits per heavy atom. The lowest BCUT2D eigenvalue weighted by molar-refractivity contribution is 0.0923. The molecule has 0 aliphatic carbocycles. The molecule has 0 radical (unpaired) electrons. The molecule has 1 saturated heterocycles. The van der Waals surface area contributed by atoms with Crippen LogP contribution in [0.1, 0.15) is 40.1 Å². The summed E-state index contributed by atoms with van der Waals surface area (Å²) in [6.07, 6.45) is 0.846. The Bertz CT molecular complexity index is 833. The topological polar surface area (TPSA) is 41.6 Å². The van der Waals surface area contributed by atoms with E-state index in [1.807, 2.05) is 18.2 Å². The average Bonchev–Trinajstić information content (AvgIpc) is 3.10. The number of carbonyl (C=O) groups excluding carboxylic acids is 1. The van der Waals surface area contributed by atoms with Crippen LogP contribution in [0.3, 0.4) is 0 Å². The van der Waals surface area contributed by atoms with E-state index in [1.54, 1.807) is 11.3 Å². The van der Waals surface area contributed by atoms with Gasteiger partial charge in [0.2, 0.25) is 0 Å². The van der Waals surface area contributed by atoms with Crippen LogP contribution in [0, 0.1) is 0 Å². The lowest BCUT2D eigenvalue weighted by Crippen LogP contribution is -2.43. The smallest absolute Gasteiger partial charge is 0.261 e.